The number of hydrogen-bond acceptors (Lipinski definition) is 5. The van der Waals surface area contributed by atoms with Crippen LogP contribution in [0.25, 0.3) is 0 Å². The van der Waals surface area contributed by atoms with Crippen molar-refractivity contribution in [2.24, 2.45) is 0 Å². The van der Waals surface area contributed by atoms with E-state index in [1.807, 2.05) is 0 Å². The summed E-state index contributed by atoms with van der Waals surface area (Å²) in [6.45, 7) is 4.68. The highest BCUT2D eigenvalue weighted by molar-refractivity contribution is 6.02. The second-order valence-corrected chi connectivity index (χ2v) is 2.64. The van der Waals surface area contributed by atoms with Crippen molar-refractivity contribution >= 4 is 30.3 Å². The third-order valence-electron chi connectivity index (χ3n) is 1.39. The molecular weight excluding hydrogens is 238 g/mol. The third kappa shape index (κ3) is 6.23. The van der Waals surface area contributed by atoms with Gasteiger partial charge < -0.3 is 14.8 Å². The molecule has 0 bridgehead atoms. The Morgan fingerprint density at radius 1 is 1.06 bits per heavy atom. The van der Waals surface area contributed by atoms with Crippen LogP contribution in [0.15, 0.2) is 0 Å². The lowest BCUT2D eigenvalue weighted by molar-refractivity contribution is -0.159. The highest BCUT2D eigenvalue weighted by atomic mass is 35.5. The van der Waals surface area contributed by atoms with Gasteiger partial charge in [-0.3, -0.25) is 4.79 Å². The number of hydrogen-bond donors (Lipinski definition) is 1. The van der Waals surface area contributed by atoms with Gasteiger partial charge in [0.25, 0.3) is 0 Å². The molecule has 0 atom stereocenters. The van der Waals surface area contributed by atoms with Gasteiger partial charge in [0.2, 0.25) is 11.9 Å². The summed E-state index contributed by atoms with van der Waals surface area (Å²) in [5, 5.41) is 2.16. The van der Waals surface area contributed by atoms with E-state index in [-0.39, 0.29) is 25.6 Å². The molecule has 0 aliphatic heterocycles. The van der Waals surface area contributed by atoms with Crippen molar-refractivity contribution in [3.05, 3.63) is 0 Å². The van der Waals surface area contributed by atoms with Gasteiger partial charge in [-0.1, -0.05) is 0 Å². The summed E-state index contributed by atoms with van der Waals surface area (Å²) < 4.78 is 9.24. The Bertz CT molecular complexity index is 238. The molecule has 0 aliphatic carbocycles. The Morgan fingerprint density at radius 3 is 1.69 bits per heavy atom. The number of carbonyl (C=O) groups is 3. The molecule has 1 amide bonds. The molecule has 0 radical (unpaired) electrons. The van der Waals surface area contributed by atoms with Gasteiger partial charge in [-0.25, -0.2) is 9.59 Å². The van der Waals surface area contributed by atoms with Gasteiger partial charge in [0.15, 0.2) is 0 Å². The predicted molar refractivity (Wildman–Crippen MR) is 58.1 cm³/mol. The molecule has 94 valence electrons. The first-order valence-electron chi connectivity index (χ1n) is 4.63. The lowest BCUT2D eigenvalue weighted by Gasteiger charge is -2.14. The number of amides is 1. The number of esters is 2. The van der Waals surface area contributed by atoms with Crippen LogP contribution in [0, 0.1) is 0 Å². The van der Waals surface area contributed by atoms with E-state index < -0.39 is 23.9 Å². The molecule has 16 heavy (non-hydrogen) atoms. The molecule has 0 spiro atoms. The Balaban J connectivity index is 0. The van der Waals surface area contributed by atoms with Crippen LogP contribution >= 0.6 is 12.4 Å². The molecule has 0 unspecified atom stereocenters. The number of carbonyl (C=O) groups excluding carboxylic acids is 3. The van der Waals surface area contributed by atoms with E-state index in [1.165, 1.54) is 6.92 Å². The summed E-state index contributed by atoms with van der Waals surface area (Å²) in [4.78, 5) is 33.3. The molecule has 0 aromatic rings. The third-order valence-corrected chi connectivity index (χ3v) is 1.39. The predicted octanol–water partition coefficient (Wildman–Crippen LogP) is 0.0391. The Labute approximate surface area is 100 Å². The number of halogens is 1. The highest BCUT2D eigenvalue weighted by Gasteiger charge is 2.30. The van der Waals surface area contributed by atoms with Gasteiger partial charge in [0.1, 0.15) is 0 Å². The second-order valence-electron chi connectivity index (χ2n) is 2.64. The molecule has 0 heterocycles. The molecule has 0 saturated carbocycles. The molecule has 0 fully saturated rings. The zero-order valence-corrected chi connectivity index (χ0v) is 10.3. The monoisotopic (exact) mass is 253 g/mol. The molecule has 1 N–H and O–H groups in total. The zero-order valence-electron chi connectivity index (χ0n) is 9.44. The zero-order chi connectivity index (χ0) is 11.8. The topological polar surface area (TPSA) is 81.7 Å². The van der Waals surface area contributed by atoms with Crippen molar-refractivity contribution in [2.45, 2.75) is 26.8 Å². The molecule has 0 aromatic carbocycles. The lowest BCUT2D eigenvalue weighted by Crippen LogP contribution is -2.47. The van der Waals surface area contributed by atoms with Crippen LogP contribution in [-0.2, 0) is 23.9 Å². The summed E-state index contributed by atoms with van der Waals surface area (Å²) in [7, 11) is 0. The van der Waals surface area contributed by atoms with E-state index in [0.717, 1.165) is 0 Å². The van der Waals surface area contributed by atoms with Crippen LogP contribution in [0.5, 0.6) is 0 Å². The average molecular weight is 254 g/mol. The van der Waals surface area contributed by atoms with Crippen molar-refractivity contribution in [3.8, 4) is 0 Å². The maximum absolute atomic E-state index is 11.3. The normalized spacial score (nSPS) is 9.00. The Morgan fingerprint density at radius 2 is 1.44 bits per heavy atom. The van der Waals surface area contributed by atoms with E-state index in [9.17, 15) is 14.4 Å². The fourth-order valence-corrected chi connectivity index (χ4v) is 0.869. The van der Waals surface area contributed by atoms with Gasteiger partial charge in [0.05, 0.1) is 13.2 Å². The SMILES string of the molecule is CCOC(=O)C(NC(C)=O)C(=O)OCC.Cl. The van der Waals surface area contributed by atoms with Gasteiger partial charge in [0, 0.05) is 6.92 Å². The summed E-state index contributed by atoms with van der Waals surface area (Å²) in [5.74, 6) is -2.13. The smallest absolute Gasteiger partial charge is 0.340 e. The van der Waals surface area contributed by atoms with Crippen LogP contribution in [0.3, 0.4) is 0 Å². The van der Waals surface area contributed by atoms with Crippen LogP contribution < -0.4 is 5.32 Å². The first-order valence-corrected chi connectivity index (χ1v) is 4.63. The maximum Gasteiger partial charge on any atom is 0.340 e. The molecule has 7 heteroatoms. The van der Waals surface area contributed by atoms with Gasteiger partial charge in [-0.05, 0) is 13.8 Å². The fraction of sp³-hybridized carbons (Fsp3) is 0.667. The van der Waals surface area contributed by atoms with E-state index in [0.29, 0.717) is 0 Å². The van der Waals surface area contributed by atoms with Crippen LogP contribution in [-0.4, -0.2) is 37.1 Å². The van der Waals surface area contributed by atoms with Gasteiger partial charge in [-0.15, -0.1) is 12.4 Å². The first kappa shape index (κ1) is 17.1. The van der Waals surface area contributed by atoms with Crippen molar-refractivity contribution < 1.29 is 23.9 Å². The minimum absolute atomic E-state index is 0. The number of ether oxygens (including phenoxy) is 2. The molecule has 0 aromatic heterocycles. The van der Waals surface area contributed by atoms with E-state index >= 15 is 0 Å². The van der Waals surface area contributed by atoms with Crippen molar-refractivity contribution in [1.29, 1.82) is 0 Å². The second kappa shape index (κ2) is 8.96. The largest absolute Gasteiger partial charge is 0.464 e. The summed E-state index contributed by atoms with van der Waals surface area (Å²) in [6, 6.07) is -1.37. The van der Waals surface area contributed by atoms with Crippen molar-refractivity contribution in [2.75, 3.05) is 13.2 Å². The van der Waals surface area contributed by atoms with Gasteiger partial charge in [-0.2, -0.15) is 0 Å². The van der Waals surface area contributed by atoms with Crippen molar-refractivity contribution in [3.63, 3.8) is 0 Å². The molecule has 0 aliphatic rings. The van der Waals surface area contributed by atoms with E-state index in [4.69, 9.17) is 0 Å². The summed E-state index contributed by atoms with van der Waals surface area (Å²) in [5.41, 5.74) is 0. The van der Waals surface area contributed by atoms with E-state index in [2.05, 4.69) is 14.8 Å². The fourth-order valence-electron chi connectivity index (χ4n) is 0.869. The number of nitrogens with one attached hydrogen (secondary N) is 1. The quantitative estimate of drug-likeness (QED) is 0.553. The molecule has 0 rings (SSSR count). The maximum atomic E-state index is 11.3. The first-order chi connectivity index (χ1) is 7.02. The lowest BCUT2D eigenvalue weighted by atomic mass is 10.3. The minimum atomic E-state index is -1.37. The summed E-state index contributed by atoms with van der Waals surface area (Å²) >= 11 is 0. The Hall–Kier alpha value is -1.30. The molecule has 6 nitrogen and oxygen atoms in total. The minimum Gasteiger partial charge on any atom is -0.464 e. The van der Waals surface area contributed by atoms with E-state index in [1.54, 1.807) is 13.8 Å². The van der Waals surface area contributed by atoms with Crippen LogP contribution in [0.1, 0.15) is 20.8 Å². The van der Waals surface area contributed by atoms with Crippen molar-refractivity contribution in [1.82, 2.24) is 5.32 Å². The number of rotatable bonds is 5. The molecule has 0 saturated heterocycles. The van der Waals surface area contributed by atoms with Gasteiger partial charge >= 0.3 is 11.9 Å². The average Bonchev–Trinajstić information content (AvgIpc) is 2.14. The standard InChI is InChI=1S/C9H15NO5.ClH/c1-4-14-8(12)7(10-6(3)11)9(13)15-5-2;/h7H,4-5H2,1-3H3,(H,10,11);1H. The van der Waals surface area contributed by atoms with Crippen LogP contribution in [0.4, 0.5) is 0 Å². The van der Waals surface area contributed by atoms with Crippen LogP contribution in [0.2, 0.25) is 0 Å². The highest BCUT2D eigenvalue weighted by Crippen LogP contribution is 1.94. The molecular formula is C9H16ClNO5. The summed E-state index contributed by atoms with van der Waals surface area (Å²) in [6.07, 6.45) is 0. The Kier molecular flexibility index (Phi) is 9.58.